The Morgan fingerprint density at radius 2 is 1.70 bits per heavy atom. The fraction of sp³-hybridized carbons (Fsp3) is 0.167. The first-order valence-corrected chi connectivity index (χ1v) is 9.00. The molecule has 138 valence electrons. The molecule has 1 aliphatic heterocycles. The van der Waals surface area contributed by atoms with Gasteiger partial charge in [0.1, 0.15) is 0 Å². The van der Waals surface area contributed by atoms with Crippen LogP contribution in [-0.4, -0.2) is 50.8 Å². The van der Waals surface area contributed by atoms with Gasteiger partial charge in [-0.2, -0.15) is 9.78 Å². The summed E-state index contributed by atoms with van der Waals surface area (Å²) in [6.07, 6.45) is 0. The second-order valence-corrected chi connectivity index (χ2v) is 6.67. The van der Waals surface area contributed by atoms with Crippen molar-refractivity contribution in [2.45, 2.75) is 5.16 Å². The van der Waals surface area contributed by atoms with Crippen molar-refractivity contribution in [1.29, 1.82) is 0 Å². The maximum atomic E-state index is 9.76. The van der Waals surface area contributed by atoms with Gasteiger partial charge < -0.3 is 19.7 Å². The van der Waals surface area contributed by atoms with E-state index >= 15 is 0 Å². The lowest BCUT2D eigenvalue weighted by atomic mass is 10.1. The molecule has 1 aromatic heterocycles. The van der Waals surface area contributed by atoms with Gasteiger partial charge in [-0.3, -0.25) is 0 Å². The van der Waals surface area contributed by atoms with Crippen molar-refractivity contribution in [1.82, 2.24) is 14.9 Å². The van der Waals surface area contributed by atoms with Crippen LogP contribution < -0.4 is 9.47 Å². The van der Waals surface area contributed by atoms with Crippen molar-refractivity contribution in [2.75, 3.05) is 20.0 Å². The molecule has 2 N–H and O–H groups in total. The number of rotatable bonds is 4. The SMILES string of the molecule is COc1ccc(-c2nnc3n2N=C(c2ccc(O)c(O)c2)CS3)cc1OC. The van der Waals surface area contributed by atoms with Gasteiger partial charge in [0, 0.05) is 16.9 Å². The van der Waals surface area contributed by atoms with E-state index in [1.54, 1.807) is 31.0 Å². The van der Waals surface area contributed by atoms with Crippen molar-refractivity contribution in [3.05, 3.63) is 42.0 Å². The van der Waals surface area contributed by atoms with Gasteiger partial charge in [-0.25, -0.2) is 0 Å². The molecule has 2 heterocycles. The fourth-order valence-electron chi connectivity index (χ4n) is 2.73. The lowest BCUT2D eigenvalue weighted by Crippen LogP contribution is -2.13. The second-order valence-electron chi connectivity index (χ2n) is 5.73. The number of aromatic hydroxyl groups is 2. The standard InChI is InChI=1S/C18H16N4O4S/c1-25-15-6-4-11(8-16(15)26-2)17-19-20-18-22(17)21-12(9-27-18)10-3-5-13(23)14(24)7-10/h3-8,23-24H,9H2,1-2H3. The zero-order valence-electron chi connectivity index (χ0n) is 14.6. The van der Waals surface area contributed by atoms with Crippen LogP contribution in [0.2, 0.25) is 0 Å². The molecule has 0 bridgehead atoms. The molecule has 2 aromatic carbocycles. The molecular formula is C18H16N4O4S. The molecule has 0 atom stereocenters. The van der Waals surface area contributed by atoms with Crippen LogP contribution in [0.5, 0.6) is 23.0 Å². The number of ether oxygens (including phenoxy) is 2. The lowest BCUT2D eigenvalue weighted by Gasteiger charge is -2.15. The van der Waals surface area contributed by atoms with Gasteiger partial charge in [0.15, 0.2) is 28.8 Å². The highest BCUT2D eigenvalue weighted by atomic mass is 32.2. The first-order valence-electron chi connectivity index (χ1n) is 8.01. The molecule has 0 spiro atoms. The van der Waals surface area contributed by atoms with E-state index in [1.807, 2.05) is 12.1 Å². The maximum Gasteiger partial charge on any atom is 0.212 e. The summed E-state index contributed by atoms with van der Waals surface area (Å²) in [5.74, 6) is 2.00. The van der Waals surface area contributed by atoms with Gasteiger partial charge >= 0.3 is 0 Å². The van der Waals surface area contributed by atoms with Crippen molar-refractivity contribution in [2.24, 2.45) is 5.10 Å². The Hall–Kier alpha value is -3.20. The minimum Gasteiger partial charge on any atom is -0.504 e. The van der Waals surface area contributed by atoms with Crippen LogP contribution in [0.15, 0.2) is 46.7 Å². The summed E-state index contributed by atoms with van der Waals surface area (Å²) in [6.45, 7) is 0. The quantitative estimate of drug-likeness (QED) is 0.667. The first kappa shape index (κ1) is 17.2. The van der Waals surface area contributed by atoms with Crippen LogP contribution in [0.3, 0.4) is 0 Å². The Morgan fingerprint density at radius 1 is 0.926 bits per heavy atom. The first-order chi connectivity index (χ1) is 13.1. The summed E-state index contributed by atoms with van der Waals surface area (Å²) in [7, 11) is 3.15. The Bertz CT molecular complexity index is 1050. The summed E-state index contributed by atoms with van der Waals surface area (Å²) in [5.41, 5.74) is 2.24. The topological polar surface area (TPSA) is 102 Å². The Labute approximate surface area is 159 Å². The smallest absolute Gasteiger partial charge is 0.212 e. The summed E-state index contributed by atoms with van der Waals surface area (Å²) < 4.78 is 12.3. The monoisotopic (exact) mass is 384 g/mol. The third kappa shape index (κ3) is 3.06. The van der Waals surface area contributed by atoms with E-state index in [0.717, 1.165) is 16.8 Å². The van der Waals surface area contributed by atoms with E-state index in [2.05, 4.69) is 15.3 Å². The third-order valence-corrected chi connectivity index (χ3v) is 5.05. The number of hydrogen-bond acceptors (Lipinski definition) is 8. The predicted molar refractivity (Wildman–Crippen MR) is 101 cm³/mol. The predicted octanol–water partition coefficient (Wildman–Crippen LogP) is 2.73. The van der Waals surface area contributed by atoms with E-state index in [9.17, 15) is 10.2 Å². The van der Waals surface area contributed by atoms with E-state index in [0.29, 0.717) is 28.2 Å². The number of aromatic nitrogens is 3. The zero-order chi connectivity index (χ0) is 19.0. The van der Waals surface area contributed by atoms with E-state index in [4.69, 9.17) is 9.47 Å². The zero-order valence-corrected chi connectivity index (χ0v) is 15.4. The van der Waals surface area contributed by atoms with E-state index in [1.165, 1.54) is 23.9 Å². The fourth-order valence-corrected chi connectivity index (χ4v) is 3.57. The van der Waals surface area contributed by atoms with Crippen molar-refractivity contribution in [3.8, 4) is 34.4 Å². The minimum absolute atomic E-state index is 0.168. The number of hydrogen-bond donors (Lipinski definition) is 2. The molecule has 27 heavy (non-hydrogen) atoms. The molecule has 0 saturated carbocycles. The number of phenolic OH excluding ortho intramolecular Hbond substituents is 2. The highest BCUT2D eigenvalue weighted by molar-refractivity contribution is 7.99. The Balaban J connectivity index is 1.77. The summed E-state index contributed by atoms with van der Waals surface area (Å²) in [6, 6.07) is 10.1. The maximum absolute atomic E-state index is 9.76. The number of phenols is 2. The van der Waals surface area contributed by atoms with Crippen LogP contribution in [0.1, 0.15) is 5.56 Å². The van der Waals surface area contributed by atoms with Gasteiger partial charge in [-0.1, -0.05) is 11.8 Å². The van der Waals surface area contributed by atoms with Gasteiger partial charge in [0.05, 0.1) is 19.9 Å². The summed E-state index contributed by atoms with van der Waals surface area (Å²) >= 11 is 1.49. The number of thioether (sulfide) groups is 1. The van der Waals surface area contributed by atoms with Gasteiger partial charge in [0.2, 0.25) is 5.16 Å². The van der Waals surface area contributed by atoms with Crippen molar-refractivity contribution < 1.29 is 19.7 Å². The number of nitrogens with zero attached hydrogens (tertiary/aromatic N) is 4. The number of methoxy groups -OCH3 is 2. The van der Waals surface area contributed by atoms with Crippen LogP contribution in [0.4, 0.5) is 0 Å². The van der Waals surface area contributed by atoms with Gasteiger partial charge in [-0.05, 0) is 36.4 Å². The van der Waals surface area contributed by atoms with Crippen LogP contribution in [0, 0.1) is 0 Å². The van der Waals surface area contributed by atoms with E-state index < -0.39 is 0 Å². The number of fused-ring (bicyclic) bond motifs is 1. The molecular weight excluding hydrogens is 368 g/mol. The molecule has 0 radical (unpaired) electrons. The second kappa shape index (κ2) is 6.84. The minimum atomic E-state index is -0.185. The van der Waals surface area contributed by atoms with Crippen molar-refractivity contribution in [3.63, 3.8) is 0 Å². The molecule has 0 aliphatic carbocycles. The van der Waals surface area contributed by atoms with Crippen molar-refractivity contribution >= 4 is 17.5 Å². The molecule has 0 unspecified atom stereocenters. The molecule has 3 aromatic rings. The lowest BCUT2D eigenvalue weighted by molar-refractivity contribution is 0.355. The average Bonchev–Trinajstić information content (AvgIpc) is 3.12. The summed E-state index contributed by atoms with van der Waals surface area (Å²) in [4.78, 5) is 0. The summed E-state index contributed by atoms with van der Waals surface area (Å²) in [5, 5.41) is 33.0. The molecule has 0 fully saturated rings. The molecule has 4 rings (SSSR count). The average molecular weight is 384 g/mol. The van der Waals surface area contributed by atoms with Gasteiger partial charge in [-0.15, -0.1) is 10.2 Å². The third-order valence-electron chi connectivity index (χ3n) is 4.12. The molecule has 9 heteroatoms. The largest absolute Gasteiger partial charge is 0.504 e. The molecule has 1 aliphatic rings. The molecule has 0 amide bonds. The normalized spacial score (nSPS) is 13.0. The van der Waals surface area contributed by atoms with Gasteiger partial charge in [0.25, 0.3) is 0 Å². The van der Waals surface area contributed by atoms with E-state index in [-0.39, 0.29) is 11.5 Å². The van der Waals surface area contributed by atoms with Crippen LogP contribution >= 0.6 is 11.8 Å². The molecule has 8 nitrogen and oxygen atoms in total. The van der Waals surface area contributed by atoms with Crippen LogP contribution in [0.25, 0.3) is 11.4 Å². The Morgan fingerprint density at radius 3 is 2.44 bits per heavy atom. The Kier molecular flexibility index (Phi) is 4.36. The number of benzene rings is 2. The molecule has 0 saturated heterocycles. The highest BCUT2D eigenvalue weighted by Crippen LogP contribution is 2.34. The van der Waals surface area contributed by atoms with Crippen LogP contribution in [-0.2, 0) is 0 Å². The highest BCUT2D eigenvalue weighted by Gasteiger charge is 2.22.